The Balaban J connectivity index is 1.77. The number of alkyl halides is 1. The highest BCUT2D eigenvalue weighted by Gasteiger charge is 2.19. The average molecular weight is 275 g/mol. The second-order valence-corrected chi connectivity index (χ2v) is 5.75. The van der Waals surface area contributed by atoms with E-state index in [1.54, 1.807) is 18.4 Å². The van der Waals surface area contributed by atoms with Crippen LogP contribution in [0.2, 0.25) is 0 Å². The minimum Gasteiger partial charge on any atom is -0.384 e. The Hall–Kier alpha value is -0.160. The molecule has 2 rings (SSSR count). The number of piperidine rings is 1. The van der Waals surface area contributed by atoms with Gasteiger partial charge < -0.3 is 4.74 Å². The predicted molar refractivity (Wildman–Crippen MR) is 71.5 cm³/mol. The van der Waals surface area contributed by atoms with Crippen LogP contribution >= 0.6 is 22.9 Å². The van der Waals surface area contributed by atoms with Crippen LogP contribution in [0.15, 0.2) is 5.38 Å². The van der Waals surface area contributed by atoms with E-state index >= 15 is 0 Å². The van der Waals surface area contributed by atoms with Gasteiger partial charge in [0.1, 0.15) is 5.01 Å². The fraction of sp³-hybridized carbons (Fsp3) is 0.750. The van der Waals surface area contributed by atoms with Crippen LogP contribution in [0, 0.1) is 5.92 Å². The highest BCUT2D eigenvalue weighted by Crippen LogP contribution is 2.20. The Morgan fingerprint density at radius 1 is 1.53 bits per heavy atom. The molecule has 3 nitrogen and oxygen atoms in total. The van der Waals surface area contributed by atoms with Gasteiger partial charge in [-0.3, -0.25) is 4.90 Å². The van der Waals surface area contributed by atoms with Crippen molar-refractivity contribution in [3.8, 4) is 0 Å². The molecular weight excluding hydrogens is 256 g/mol. The molecule has 1 aliphatic rings. The van der Waals surface area contributed by atoms with Gasteiger partial charge in [0.15, 0.2) is 0 Å². The minimum absolute atomic E-state index is 0.520. The Labute approximate surface area is 112 Å². The molecule has 5 heteroatoms. The van der Waals surface area contributed by atoms with Gasteiger partial charge in [0.05, 0.1) is 18.1 Å². The topological polar surface area (TPSA) is 25.4 Å². The van der Waals surface area contributed by atoms with Crippen LogP contribution in [0.5, 0.6) is 0 Å². The molecule has 0 atom stereocenters. The quantitative estimate of drug-likeness (QED) is 0.772. The van der Waals surface area contributed by atoms with E-state index in [4.69, 9.17) is 16.3 Å². The summed E-state index contributed by atoms with van der Waals surface area (Å²) in [6, 6.07) is 0. The number of nitrogens with zero attached hydrogens (tertiary/aromatic N) is 2. The first-order chi connectivity index (χ1) is 8.31. The van der Waals surface area contributed by atoms with Crippen molar-refractivity contribution in [2.75, 3.05) is 26.8 Å². The molecule has 1 fully saturated rings. The van der Waals surface area contributed by atoms with Gasteiger partial charge in [-0.1, -0.05) is 0 Å². The lowest BCUT2D eigenvalue weighted by Crippen LogP contribution is -2.34. The minimum atomic E-state index is 0.520. The van der Waals surface area contributed by atoms with Crippen molar-refractivity contribution in [1.29, 1.82) is 0 Å². The number of halogens is 1. The van der Waals surface area contributed by atoms with E-state index < -0.39 is 0 Å². The Bertz CT molecular complexity index is 337. The zero-order valence-electron chi connectivity index (χ0n) is 10.2. The third-order valence-corrected chi connectivity index (χ3v) is 4.36. The van der Waals surface area contributed by atoms with E-state index in [0.29, 0.717) is 5.88 Å². The molecule has 0 amide bonds. The summed E-state index contributed by atoms with van der Waals surface area (Å²) < 4.78 is 5.21. The van der Waals surface area contributed by atoms with Crippen LogP contribution in [0.1, 0.15) is 23.5 Å². The Kier molecular flexibility index (Phi) is 5.22. The third-order valence-electron chi connectivity index (χ3n) is 3.20. The van der Waals surface area contributed by atoms with Gasteiger partial charge in [0.25, 0.3) is 0 Å². The lowest BCUT2D eigenvalue weighted by molar-refractivity contribution is 0.0968. The molecule has 0 unspecified atom stereocenters. The van der Waals surface area contributed by atoms with E-state index in [1.165, 1.54) is 17.8 Å². The van der Waals surface area contributed by atoms with Crippen LogP contribution in [0.3, 0.4) is 0 Å². The van der Waals surface area contributed by atoms with Crippen LogP contribution in [0.4, 0.5) is 0 Å². The standard InChI is InChI=1S/C12H19ClN2OS/c1-16-8-10-2-4-15(5-3-10)7-12-14-11(6-13)9-17-12/h9-10H,2-8H2,1H3. The van der Waals surface area contributed by atoms with E-state index in [-0.39, 0.29) is 0 Å². The van der Waals surface area contributed by atoms with Crippen molar-refractivity contribution in [2.45, 2.75) is 25.3 Å². The molecule has 0 aliphatic carbocycles. The number of rotatable bonds is 5. The van der Waals surface area contributed by atoms with Gasteiger partial charge in [-0.15, -0.1) is 22.9 Å². The number of ether oxygens (including phenoxy) is 1. The fourth-order valence-electron chi connectivity index (χ4n) is 2.22. The van der Waals surface area contributed by atoms with Crippen molar-refractivity contribution in [3.63, 3.8) is 0 Å². The second-order valence-electron chi connectivity index (χ2n) is 4.54. The summed E-state index contributed by atoms with van der Waals surface area (Å²) in [5.41, 5.74) is 1.00. The smallest absolute Gasteiger partial charge is 0.107 e. The van der Waals surface area contributed by atoms with E-state index in [0.717, 1.165) is 37.9 Å². The van der Waals surface area contributed by atoms with Crippen LogP contribution < -0.4 is 0 Å². The Morgan fingerprint density at radius 3 is 2.88 bits per heavy atom. The summed E-state index contributed by atoms with van der Waals surface area (Å²) in [4.78, 5) is 6.97. The number of methoxy groups -OCH3 is 1. The predicted octanol–water partition coefficient (Wildman–Crippen LogP) is 2.74. The van der Waals surface area contributed by atoms with Gasteiger partial charge in [-0.25, -0.2) is 4.98 Å². The monoisotopic (exact) mass is 274 g/mol. The average Bonchev–Trinajstić information content (AvgIpc) is 2.80. The molecule has 0 saturated carbocycles. The number of hydrogen-bond acceptors (Lipinski definition) is 4. The van der Waals surface area contributed by atoms with Crippen molar-refractivity contribution in [3.05, 3.63) is 16.1 Å². The van der Waals surface area contributed by atoms with Gasteiger partial charge in [-0.05, 0) is 31.8 Å². The maximum atomic E-state index is 5.75. The van der Waals surface area contributed by atoms with Gasteiger partial charge in [0, 0.05) is 19.1 Å². The lowest BCUT2D eigenvalue weighted by Gasteiger charge is -2.30. The highest BCUT2D eigenvalue weighted by molar-refractivity contribution is 7.09. The molecule has 0 N–H and O–H groups in total. The summed E-state index contributed by atoms with van der Waals surface area (Å²) >= 11 is 7.47. The summed E-state index contributed by atoms with van der Waals surface area (Å²) in [5.74, 6) is 1.26. The molecular formula is C12H19ClN2OS. The molecule has 1 aromatic heterocycles. The Morgan fingerprint density at radius 2 is 2.29 bits per heavy atom. The van der Waals surface area contributed by atoms with Crippen LogP contribution in [-0.2, 0) is 17.2 Å². The summed E-state index contributed by atoms with van der Waals surface area (Å²) in [6.45, 7) is 4.19. The van der Waals surface area contributed by atoms with Gasteiger partial charge in [-0.2, -0.15) is 0 Å². The van der Waals surface area contributed by atoms with Gasteiger partial charge in [0.2, 0.25) is 0 Å². The lowest BCUT2D eigenvalue weighted by atomic mass is 9.98. The summed E-state index contributed by atoms with van der Waals surface area (Å²) in [6.07, 6.45) is 2.48. The molecule has 1 saturated heterocycles. The summed E-state index contributed by atoms with van der Waals surface area (Å²) in [5, 5.41) is 3.24. The van der Waals surface area contributed by atoms with E-state index in [9.17, 15) is 0 Å². The SMILES string of the molecule is COCC1CCN(Cc2nc(CCl)cs2)CC1. The molecule has 0 radical (unpaired) electrons. The number of hydrogen-bond donors (Lipinski definition) is 0. The maximum Gasteiger partial charge on any atom is 0.107 e. The molecule has 1 aromatic rings. The number of likely N-dealkylation sites (tertiary alicyclic amines) is 1. The zero-order valence-corrected chi connectivity index (χ0v) is 11.8. The van der Waals surface area contributed by atoms with Crippen molar-refractivity contribution < 1.29 is 4.74 Å². The second kappa shape index (κ2) is 6.69. The zero-order chi connectivity index (χ0) is 12.1. The van der Waals surface area contributed by atoms with Crippen LogP contribution in [0.25, 0.3) is 0 Å². The molecule has 17 heavy (non-hydrogen) atoms. The first-order valence-electron chi connectivity index (χ1n) is 6.02. The molecule has 0 bridgehead atoms. The number of thiazole rings is 1. The first kappa shape index (κ1) is 13.3. The molecule has 0 spiro atoms. The molecule has 0 aromatic carbocycles. The highest BCUT2D eigenvalue weighted by atomic mass is 35.5. The third kappa shape index (κ3) is 3.91. The van der Waals surface area contributed by atoms with E-state index in [2.05, 4.69) is 15.3 Å². The first-order valence-corrected chi connectivity index (χ1v) is 7.43. The molecule has 2 heterocycles. The van der Waals surface area contributed by atoms with E-state index in [1.807, 2.05) is 0 Å². The van der Waals surface area contributed by atoms with Crippen molar-refractivity contribution in [2.24, 2.45) is 5.92 Å². The van der Waals surface area contributed by atoms with Crippen molar-refractivity contribution in [1.82, 2.24) is 9.88 Å². The summed E-state index contributed by atoms with van der Waals surface area (Å²) in [7, 11) is 1.79. The van der Waals surface area contributed by atoms with Crippen molar-refractivity contribution >= 4 is 22.9 Å². The maximum absolute atomic E-state index is 5.75. The number of aromatic nitrogens is 1. The largest absolute Gasteiger partial charge is 0.384 e. The molecule has 1 aliphatic heterocycles. The fourth-order valence-corrected chi connectivity index (χ4v) is 3.28. The van der Waals surface area contributed by atoms with Crippen LogP contribution in [-0.4, -0.2) is 36.7 Å². The molecule has 96 valence electrons. The van der Waals surface area contributed by atoms with Gasteiger partial charge >= 0.3 is 0 Å². The normalized spacial score (nSPS) is 18.7.